The van der Waals surface area contributed by atoms with Gasteiger partial charge >= 0.3 is 11.9 Å². The molecule has 16 nitrogen and oxygen atoms in total. The molecule has 3 aromatic carbocycles. The largest absolute Gasteiger partial charge is 0.493 e. The normalized spacial score (nSPS) is 12.3. The number of nitrogens with zero attached hydrogens (tertiary/aromatic N) is 2. The number of carbonyl (C=O) groups is 2. The lowest BCUT2D eigenvalue weighted by molar-refractivity contribution is 0.0591. The van der Waals surface area contributed by atoms with Gasteiger partial charge in [-0.3, -0.25) is 0 Å². The maximum atomic E-state index is 11.5. The van der Waals surface area contributed by atoms with E-state index in [-0.39, 0.29) is 31.6 Å². The number of carbonyl (C=O) groups excluding carboxylic acids is 2. The fourth-order valence-electron chi connectivity index (χ4n) is 4.59. The highest BCUT2D eigenvalue weighted by molar-refractivity contribution is 14.1. The SMILES string of the molecule is CC.COC(=O)c1cc(OC)c2c(c1N)OCO2.COC(=O)c1cc2c(c(OC)c1I)OCO2.COc1cc2c(Cl)ncnc2c2c1OCO2. The predicted molar refractivity (Wildman–Crippen MR) is 187 cm³/mol. The minimum atomic E-state index is -0.547. The Hall–Kier alpha value is -5.04. The summed E-state index contributed by atoms with van der Waals surface area (Å²) in [7, 11) is 7.14. The first-order chi connectivity index (χ1) is 24.2. The van der Waals surface area contributed by atoms with Gasteiger partial charge < -0.3 is 57.8 Å². The molecule has 0 atom stereocenters. The van der Waals surface area contributed by atoms with Crippen molar-refractivity contribution in [2.45, 2.75) is 13.8 Å². The zero-order chi connectivity index (χ0) is 36.5. The van der Waals surface area contributed by atoms with Crippen LogP contribution in [-0.4, -0.2) is 77.8 Å². The van der Waals surface area contributed by atoms with Crippen molar-refractivity contribution in [3.8, 4) is 51.7 Å². The number of nitrogen functional groups attached to an aromatic ring is 1. The average molecular weight is 830 g/mol. The molecule has 0 radical (unpaired) electrons. The molecule has 4 aromatic rings. The van der Waals surface area contributed by atoms with Gasteiger partial charge in [-0.15, -0.1) is 0 Å². The summed E-state index contributed by atoms with van der Waals surface area (Å²) in [6.07, 6.45) is 1.39. The number of ether oxygens (including phenoxy) is 11. The molecule has 0 amide bonds. The zero-order valence-corrected chi connectivity index (χ0v) is 30.9. The van der Waals surface area contributed by atoms with Crippen LogP contribution >= 0.6 is 34.2 Å². The molecule has 268 valence electrons. The van der Waals surface area contributed by atoms with Crippen LogP contribution in [0.15, 0.2) is 24.5 Å². The molecular weight excluding hydrogens is 797 g/mol. The summed E-state index contributed by atoms with van der Waals surface area (Å²) in [4.78, 5) is 31.0. The minimum absolute atomic E-state index is 0.0561. The van der Waals surface area contributed by atoms with Crippen molar-refractivity contribution in [2.24, 2.45) is 0 Å². The van der Waals surface area contributed by atoms with Gasteiger partial charge in [0.2, 0.25) is 37.6 Å². The third-order valence-corrected chi connectivity index (χ3v) is 8.19. The van der Waals surface area contributed by atoms with E-state index in [1.54, 1.807) is 19.2 Å². The molecule has 7 rings (SSSR count). The summed E-state index contributed by atoms with van der Waals surface area (Å²) in [6, 6.07) is 4.80. The van der Waals surface area contributed by atoms with Crippen molar-refractivity contribution in [1.29, 1.82) is 0 Å². The third kappa shape index (κ3) is 7.42. The molecule has 0 saturated heterocycles. The molecule has 3 aliphatic rings. The quantitative estimate of drug-likeness (QED) is 0.112. The first-order valence-electron chi connectivity index (χ1n) is 14.5. The fourth-order valence-corrected chi connectivity index (χ4v) is 5.62. The van der Waals surface area contributed by atoms with Crippen LogP contribution in [0.5, 0.6) is 51.7 Å². The maximum Gasteiger partial charge on any atom is 0.340 e. The molecule has 50 heavy (non-hydrogen) atoms. The second-order valence-electron chi connectivity index (χ2n) is 9.30. The number of aromatic nitrogens is 2. The fraction of sp³-hybridized carbons (Fsp3) is 0.312. The van der Waals surface area contributed by atoms with E-state index in [1.165, 1.54) is 40.8 Å². The van der Waals surface area contributed by atoms with Gasteiger partial charge in [0.1, 0.15) is 17.0 Å². The third-order valence-electron chi connectivity index (χ3n) is 6.82. The van der Waals surface area contributed by atoms with Crippen molar-refractivity contribution >= 4 is 62.7 Å². The van der Waals surface area contributed by atoms with E-state index in [0.717, 1.165) is 0 Å². The molecule has 0 fully saturated rings. The molecule has 2 N–H and O–H groups in total. The Labute approximate surface area is 305 Å². The van der Waals surface area contributed by atoms with Gasteiger partial charge in [-0.2, -0.15) is 0 Å². The van der Waals surface area contributed by atoms with Crippen molar-refractivity contribution in [2.75, 3.05) is 61.7 Å². The van der Waals surface area contributed by atoms with Crippen LogP contribution in [0.25, 0.3) is 10.9 Å². The summed E-state index contributed by atoms with van der Waals surface area (Å²) < 4.78 is 56.9. The molecule has 4 heterocycles. The van der Waals surface area contributed by atoms with Crippen molar-refractivity contribution in [3.05, 3.63) is 44.4 Å². The Morgan fingerprint density at radius 3 is 1.88 bits per heavy atom. The van der Waals surface area contributed by atoms with Gasteiger partial charge in [0.15, 0.2) is 34.5 Å². The first-order valence-corrected chi connectivity index (χ1v) is 16.0. The summed E-state index contributed by atoms with van der Waals surface area (Å²) >= 11 is 8.00. The number of benzene rings is 3. The average Bonchev–Trinajstić information content (AvgIpc) is 3.94. The van der Waals surface area contributed by atoms with Crippen molar-refractivity contribution in [1.82, 2.24) is 9.97 Å². The number of rotatable bonds is 5. The number of halogens is 2. The maximum absolute atomic E-state index is 11.5. The lowest BCUT2D eigenvalue weighted by Gasteiger charge is -2.10. The van der Waals surface area contributed by atoms with Crippen molar-refractivity contribution < 1.29 is 61.7 Å². The molecule has 0 bridgehead atoms. The second-order valence-corrected chi connectivity index (χ2v) is 10.7. The topological polar surface area (TPSA) is 187 Å². The number of hydrogen-bond acceptors (Lipinski definition) is 16. The predicted octanol–water partition coefficient (Wildman–Crippen LogP) is 5.65. The molecule has 1 aromatic heterocycles. The molecule has 0 spiro atoms. The van der Waals surface area contributed by atoms with E-state index in [9.17, 15) is 9.59 Å². The van der Waals surface area contributed by atoms with Gasteiger partial charge in [-0.05, 0) is 28.7 Å². The Morgan fingerprint density at radius 2 is 1.26 bits per heavy atom. The van der Waals surface area contributed by atoms with Gasteiger partial charge in [0.25, 0.3) is 0 Å². The number of anilines is 1. The van der Waals surface area contributed by atoms with Gasteiger partial charge in [-0.1, -0.05) is 25.4 Å². The monoisotopic (exact) mass is 829 g/mol. The number of nitrogens with two attached hydrogens (primary N) is 1. The highest BCUT2D eigenvalue weighted by Gasteiger charge is 2.29. The Kier molecular flexibility index (Phi) is 12.9. The molecule has 0 unspecified atom stereocenters. The van der Waals surface area contributed by atoms with Crippen LogP contribution < -0.4 is 48.4 Å². The lowest BCUT2D eigenvalue weighted by atomic mass is 10.1. The summed E-state index contributed by atoms with van der Waals surface area (Å²) in [6.45, 7) is 4.35. The van der Waals surface area contributed by atoms with Crippen LogP contribution in [-0.2, 0) is 9.47 Å². The Bertz CT molecular complexity index is 1880. The van der Waals surface area contributed by atoms with Crippen LogP contribution in [0.4, 0.5) is 5.69 Å². The van der Waals surface area contributed by atoms with Gasteiger partial charge in [-0.25, -0.2) is 19.6 Å². The van der Waals surface area contributed by atoms with E-state index in [0.29, 0.717) is 76.9 Å². The van der Waals surface area contributed by atoms with E-state index in [4.69, 9.17) is 60.0 Å². The Balaban J connectivity index is 0.000000164. The van der Waals surface area contributed by atoms with Gasteiger partial charge in [0.05, 0.1) is 55.9 Å². The highest BCUT2D eigenvalue weighted by atomic mass is 127. The molecule has 0 aliphatic carbocycles. The second kappa shape index (κ2) is 17.1. The van der Waals surface area contributed by atoms with E-state index in [1.807, 2.05) is 36.4 Å². The smallest absolute Gasteiger partial charge is 0.340 e. The minimum Gasteiger partial charge on any atom is -0.493 e. The number of methoxy groups -OCH3 is 5. The van der Waals surface area contributed by atoms with E-state index < -0.39 is 11.9 Å². The van der Waals surface area contributed by atoms with Crippen molar-refractivity contribution in [3.63, 3.8) is 0 Å². The standard InChI is InChI=1S/C10H7ClN2O3.C10H9IO5.C10H11NO5.C2H6/c1-14-6-2-5-7(12-3-13-10(5)11)9-8(6)15-4-16-9;1-13-9-7(11)5(10(12)14-2)3-6-8(9)16-4-15-6;1-13-6-3-5(10(12)14-2)7(11)9-8(6)15-4-16-9;1-2/h2-3H,4H2,1H3;3H,4H2,1-2H3;3H,4,11H2,1-2H3;1-2H3. The van der Waals surface area contributed by atoms with E-state index >= 15 is 0 Å². The summed E-state index contributed by atoms with van der Waals surface area (Å²) in [5.41, 5.74) is 7.21. The first kappa shape index (κ1) is 37.8. The van der Waals surface area contributed by atoms with Gasteiger partial charge in [0, 0.05) is 17.5 Å². The van der Waals surface area contributed by atoms with E-state index in [2.05, 4.69) is 19.4 Å². The lowest BCUT2D eigenvalue weighted by Crippen LogP contribution is -2.06. The summed E-state index contributed by atoms with van der Waals surface area (Å²) in [5.74, 6) is 3.35. The van der Waals surface area contributed by atoms with Crippen LogP contribution in [0.1, 0.15) is 34.6 Å². The number of fused-ring (bicyclic) bond motifs is 5. The molecular formula is C32H33ClIN3O13. The van der Waals surface area contributed by atoms with Crippen LogP contribution in [0.3, 0.4) is 0 Å². The van der Waals surface area contributed by atoms with Crippen LogP contribution in [0.2, 0.25) is 5.15 Å². The molecule has 3 aliphatic heterocycles. The Morgan fingerprint density at radius 1 is 0.720 bits per heavy atom. The van der Waals surface area contributed by atoms with Crippen LogP contribution in [0, 0.1) is 3.57 Å². The summed E-state index contributed by atoms with van der Waals surface area (Å²) in [5, 5.41) is 1.05. The highest BCUT2D eigenvalue weighted by Crippen LogP contribution is 2.48. The molecule has 0 saturated carbocycles. The number of hydrogen-bond donors (Lipinski definition) is 1. The molecule has 18 heteroatoms. The number of esters is 2. The zero-order valence-electron chi connectivity index (χ0n) is 28.0.